The molecule has 1 aromatic carbocycles. The van der Waals surface area contributed by atoms with Crippen LogP contribution in [-0.2, 0) is 14.3 Å². The van der Waals surface area contributed by atoms with E-state index in [-0.39, 0.29) is 18.9 Å². The summed E-state index contributed by atoms with van der Waals surface area (Å²) in [6, 6.07) is 9.84. The van der Waals surface area contributed by atoms with Gasteiger partial charge < -0.3 is 9.84 Å². The van der Waals surface area contributed by atoms with Crippen LogP contribution in [0.25, 0.3) is 10.9 Å². The third-order valence-corrected chi connectivity index (χ3v) is 6.29. The van der Waals surface area contributed by atoms with Crippen LogP contribution in [0.2, 0.25) is 0 Å². The first kappa shape index (κ1) is 19.6. The number of carboxylic acid groups (broad SMARTS) is 1. The van der Waals surface area contributed by atoms with Gasteiger partial charge in [-0.05, 0) is 43.4 Å². The first-order chi connectivity index (χ1) is 14.1. The molecule has 5 rings (SSSR count). The SMILES string of the molecule is C=C[C@@H]1CN2CC[C@H]1C[C@H]2[C@@H](OC(=O)CCC(=O)O)c1ccnc2ccccc12. The molecule has 6 nitrogen and oxygen atoms in total. The summed E-state index contributed by atoms with van der Waals surface area (Å²) in [5.41, 5.74) is 1.79. The van der Waals surface area contributed by atoms with Gasteiger partial charge in [0.05, 0.1) is 24.4 Å². The van der Waals surface area contributed by atoms with Gasteiger partial charge in [0, 0.05) is 23.7 Å². The Morgan fingerprint density at radius 1 is 1.31 bits per heavy atom. The number of rotatable bonds is 7. The molecule has 29 heavy (non-hydrogen) atoms. The third kappa shape index (κ3) is 4.03. The van der Waals surface area contributed by atoms with Gasteiger partial charge in [-0.15, -0.1) is 6.58 Å². The number of carbonyl (C=O) groups excluding carboxylic acids is 1. The first-order valence-corrected chi connectivity index (χ1v) is 10.2. The molecular formula is C23H26N2O4. The van der Waals surface area contributed by atoms with Gasteiger partial charge >= 0.3 is 11.9 Å². The summed E-state index contributed by atoms with van der Waals surface area (Å²) in [6.07, 6.45) is 5.06. The Morgan fingerprint density at radius 2 is 2.14 bits per heavy atom. The Labute approximate surface area is 170 Å². The van der Waals surface area contributed by atoms with Crippen LogP contribution < -0.4 is 0 Å². The molecule has 4 heterocycles. The fourth-order valence-electron chi connectivity index (χ4n) is 4.82. The molecule has 1 N–H and O–H groups in total. The van der Waals surface area contributed by atoms with Crippen molar-refractivity contribution in [3.8, 4) is 0 Å². The molecule has 0 saturated carbocycles. The second kappa shape index (κ2) is 8.33. The van der Waals surface area contributed by atoms with Gasteiger partial charge in [-0.25, -0.2) is 0 Å². The van der Waals surface area contributed by atoms with Crippen LogP contribution in [0.15, 0.2) is 49.2 Å². The molecule has 0 spiro atoms. The third-order valence-electron chi connectivity index (χ3n) is 6.29. The summed E-state index contributed by atoms with van der Waals surface area (Å²) in [7, 11) is 0. The molecule has 0 aliphatic carbocycles. The number of benzene rings is 1. The number of hydrogen-bond acceptors (Lipinski definition) is 5. The fraction of sp³-hybridized carbons (Fsp3) is 0.435. The minimum atomic E-state index is -0.998. The lowest BCUT2D eigenvalue weighted by molar-refractivity contribution is -0.159. The number of nitrogens with zero attached hydrogens (tertiary/aromatic N) is 2. The number of fused-ring (bicyclic) bond motifs is 4. The van der Waals surface area contributed by atoms with E-state index in [1.807, 2.05) is 36.4 Å². The van der Waals surface area contributed by atoms with E-state index in [9.17, 15) is 9.59 Å². The van der Waals surface area contributed by atoms with Crippen LogP contribution in [0.3, 0.4) is 0 Å². The Morgan fingerprint density at radius 3 is 2.86 bits per heavy atom. The van der Waals surface area contributed by atoms with Crippen LogP contribution in [0, 0.1) is 11.8 Å². The maximum atomic E-state index is 12.5. The molecule has 3 saturated heterocycles. The molecule has 0 radical (unpaired) electrons. The molecule has 2 aromatic rings. The van der Waals surface area contributed by atoms with Crippen molar-refractivity contribution < 1.29 is 19.4 Å². The highest BCUT2D eigenvalue weighted by Gasteiger charge is 2.44. The molecule has 152 valence electrons. The van der Waals surface area contributed by atoms with Crippen molar-refractivity contribution >= 4 is 22.8 Å². The number of piperidine rings is 3. The Hall–Kier alpha value is -2.73. The maximum Gasteiger partial charge on any atom is 0.307 e. The van der Waals surface area contributed by atoms with Crippen LogP contribution in [0.1, 0.15) is 37.4 Å². The van der Waals surface area contributed by atoms with Crippen molar-refractivity contribution in [3.05, 3.63) is 54.7 Å². The number of pyridine rings is 1. The Kier molecular flexibility index (Phi) is 5.62. The Bertz CT molecular complexity index is 923. The van der Waals surface area contributed by atoms with E-state index >= 15 is 0 Å². The quantitative estimate of drug-likeness (QED) is 0.571. The largest absolute Gasteiger partial charge is 0.481 e. The van der Waals surface area contributed by atoms with Crippen molar-refractivity contribution in [2.75, 3.05) is 13.1 Å². The molecule has 2 bridgehead atoms. The topological polar surface area (TPSA) is 79.7 Å². The van der Waals surface area contributed by atoms with Crippen LogP contribution in [0.5, 0.6) is 0 Å². The molecular weight excluding hydrogens is 368 g/mol. The van der Waals surface area contributed by atoms with E-state index in [0.29, 0.717) is 11.8 Å². The van der Waals surface area contributed by atoms with Gasteiger partial charge in [-0.3, -0.25) is 19.5 Å². The number of para-hydroxylation sites is 1. The molecule has 1 aromatic heterocycles. The molecule has 0 amide bonds. The number of aromatic nitrogens is 1. The zero-order chi connectivity index (χ0) is 20.4. The fourth-order valence-corrected chi connectivity index (χ4v) is 4.82. The monoisotopic (exact) mass is 394 g/mol. The minimum absolute atomic E-state index is 0.0736. The van der Waals surface area contributed by atoms with Crippen molar-refractivity contribution in [1.29, 1.82) is 0 Å². The predicted octanol–water partition coefficient (Wildman–Crippen LogP) is 3.58. The lowest BCUT2D eigenvalue weighted by Gasteiger charge is -2.51. The zero-order valence-electron chi connectivity index (χ0n) is 16.4. The van der Waals surface area contributed by atoms with Gasteiger partial charge in [0.2, 0.25) is 0 Å². The molecule has 3 fully saturated rings. The maximum absolute atomic E-state index is 12.5. The normalized spacial score (nSPS) is 26.8. The molecule has 1 unspecified atom stereocenters. The number of aliphatic carboxylic acids is 1. The number of esters is 1. The van der Waals surface area contributed by atoms with Gasteiger partial charge in [0.1, 0.15) is 6.10 Å². The number of ether oxygens (including phenoxy) is 1. The number of carboxylic acids is 1. The molecule has 5 atom stereocenters. The average Bonchev–Trinajstić information content (AvgIpc) is 2.76. The summed E-state index contributed by atoms with van der Waals surface area (Å²) < 4.78 is 5.96. The second-order valence-corrected chi connectivity index (χ2v) is 7.97. The second-order valence-electron chi connectivity index (χ2n) is 7.97. The highest BCUT2D eigenvalue weighted by Crippen LogP contribution is 2.43. The number of hydrogen-bond donors (Lipinski definition) is 1. The van der Waals surface area contributed by atoms with E-state index < -0.39 is 18.0 Å². The summed E-state index contributed by atoms with van der Waals surface area (Å²) in [4.78, 5) is 30.2. The minimum Gasteiger partial charge on any atom is -0.481 e. The van der Waals surface area contributed by atoms with E-state index in [1.54, 1.807) is 6.20 Å². The van der Waals surface area contributed by atoms with E-state index in [0.717, 1.165) is 42.4 Å². The standard InChI is InChI=1S/C23H26N2O4/c1-2-15-14-25-12-10-16(15)13-20(25)23(29-22(28)8-7-21(26)27)18-9-11-24-19-6-4-3-5-17(18)19/h2-6,9,11,15-16,20,23H,1,7-8,10,12-14H2,(H,26,27)/t15-,16+,20+,23+/m1/s1. The average molecular weight is 394 g/mol. The van der Waals surface area contributed by atoms with E-state index in [2.05, 4.69) is 16.5 Å². The van der Waals surface area contributed by atoms with Crippen molar-refractivity contribution in [2.45, 2.75) is 37.8 Å². The molecule has 3 aliphatic rings. The van der Waals surface area contributed by atoms with Gasteiger partial charge in [0.15, 0.2) is 0 Å². The summed E-state index contributed by atoms with van der Waals surface area (Å²) in [6.45, 7) is 5.89. The lowest BCUT2D eigenvalue weighted by Crippen LogP contribution is -2.55. The predicted molar refractivity (Wildman–Crippen MR) is 109 cm³/mol. The lowest BCUT2D eigenvalue weighted by atomic mass is 9.73. The van der Waals surface area contributed by atoms with Crippen LogP contribution in [0.4, 0.5) is 0 Å². The van der Waals surface area contributed by atoms with Gasteiger partial charge in [-0.1, -0.05) is 24.3 Å². The summed E-state index contributed by atoms with van der Waals surface area (Å²) in [5, 5.41) is 9.88. The van der Waals surface area contributed by atoms with E-state index in [1.165, 1.54) is 0 Å². The highest BCUT2D eigenvalue weighted by atomic mass is 16.5. The molecule has 6 heteroatoms. The van der Waals surface area contributed by atoms with Crippen LogP contribution >= 0.6 is 0 Å². The van der Waals surface area contributed by atoms with Gasteiger partial charge in [-0.2, -0.15) is 0 Å². The van der Waals surface area contributed by atoms with Crippen LogP contribution in [-0.4, -0.2) is 46.1 Å². The smallest absolute Gasteiger partial charge is 0.307 e. The van der Waals surface area contributed by atoms with Crippen molar-refractivity contribution in [2.24, 2.45) is 11.8 Å². The van der Waals surface area contributed by atoms with Gasteiger partial charge in [0.25, 0.3) is 0 Å². The first-order valence-electron chi connectivity index (χ1n) is 10.2. The van der Waals surface area contributed by atoms with Crippen molar-refractivity contribution in [3.63, 3.8) is 0 Å². The molecule has 3 aliphatic heterocycles. The van der Waals surface area contributed by atoms with Crippen molar-refractivity contribution in [1.82, 2.24) is 9.88 Å². The number of carbonyl (C=O) groups is 2. The summed E-state index contributed by atoms with van der Waals surface area (Å²) in [5.74, 6) is -0.461. The summed E-state index contributed by atoms with van der Waals surface area (Å²) >= 11 is 0. The zero-order valence-corrected chi connectivity index (χ0v) is 16.4. The van der Waals surface area contributed by atoms with E-state index in [4.69, 9.17) is 9.84 Å². The Balaban J connectivity index is 1.67. The highest BCUT2D eigenvalue weighted by molar-refractivity contribution is 5.83.